The highest BCUT2D eigenvalue weighted by molar-refractivity contribution is 7.80. The fourth-order valence-corrected chi connectivity index (χ4v) is 2.00. The lowest BCUT2D eigenvalue weighted by molar-refractivity contribution is 0.505. The third-order valence-corrected chi connectivity index (χ3v) is 3.67. The van der Waals surface area contributed by atoms with Gasteiger partial charge in [0.1, 0.15) is 4.99 Å². The van der Waals surface area contributed by atoms with E-state index in [-0.39, 0.29) is 0 Å². The summed E-state index contributed by atoms with van der Waals surface area (Å²) in [6.07, 6.45) is 0. The average Bonchev–Trinajstić information content (AvgIpc) is 2.26. The van der Waals surface area contributed by atoms with Crippen LogP contribution in [0.3, 0.4) is 0 Å². The van der Waals surface area contributed by atoms with Crippen molar-refractivity contribution in [1.82, 2.24) is 0 Å². The molecular weight excluding hydrogens is 228 g/mol. The SMILES string of the molecule is Cc1cc(C(N)=S)ccc1N(C)C(C)C(C)C. The zero-order chi connectivity index (χ0) is 13.2. The minimum absolute atomic E-state index is 0.458. The lowest BCUT2D eigenvalue weighted by Gasteiger charge is -2.31. The summed E-state index contributed by atoms with van der Waals surface area (Å²) in [7, 11) is 2.13. The highest BCUT2D eigenvalue weighted by Gasteiger charge is 2.15. The minimum Gasteiger partial charge on any atom is -0.389 e. The Hall–Kier alpha value is -1.09. The number of hydrogen-bond donors (Lipinski definition) is 1. The predicted octanol–water partition coefficient (Wildman–Crippen LogP) is 3.11. The number of rotatable bonds is 4. The van der Waals surface area contributed by atoms with Crippen molar-refractivity contribution in [2.45, 2.75) is 33.7 Å². The van der Waals surface area contributed by atoms with E-state index in [1.807, 2.05) is 6.07 Å². The van der Waals surface area contributed by atoms with E-state index in [1.165, 1.54) is 11.3 Å². The molecule has 2 N–H and O–H groups in total. The van der Waals surface area contributed by atoms with Crippen LogP contribution in [0.4, 0.5) is 5.69 Å². The van der Waals surface area contributed by atoms with E-state index in [9.17, 15) is 0 Å². The normalized spacial score (nSPS) is 12.6. The molecule has 0 aromatic heterocycles. The van der Waals surface area contributed by atoms with Crippen molar-refractivity contribution in [3.8, 4) is 0 Å². The van der Waals surface area contributed by atoms with E-state index in [2.05, 4.69) is 51.8 Å². The molecule has 0 fully saturated rings. The maximum absolute atomic E-state index is 5.63. The number of hydrogen-bond acceptors (Lipinski definition) is 2. The summed E-state index contributed by atoms with van der Waals surface area (Å²) in [5.41, 5.74) is 9.03. The zero-order valence-electron chi connectivity index (χ0n) is 11.3. The van der Waals surface area contributed by atoms with Crippen LogP contribution in [0.25, 0.3) is 0 Å². The van der Waals surface area contributed by atoms with Crippen LogP contribution >= 0.6 is 12.2 Å². The minimum atomic E-state index is 0.458. The second-order valence-electron chi connectivity index (χ2n) is 4.96. The second kappa shape index (κ2) is 5.50. The van der Waals surface area contributed by atoms with Crippen molar-refractivity contribution in [2.24, 2.45) is 11.7 Å². The Labute approximate surface area is 110 Å². The molecule has 1 rings (SSSR count). The van der Waals surface area contributed by atoms with E-state index in [4.69, 9.17) is 18.0 Å². The van der Waals surface area contributed by atoms with Gasteiger partial charge < -0.3 is 10.6 Å². The molecule has 0 aliphatic rings. The van der Waals surface area contributed by atoms with Gasteiger partial charge in [-0.15, -0.1) is 0 Å². The molecule has 0 bridgehead atoms. The van der Waals surface area contributed by atoms with Crippen LogP contribution in [-0.2, 0) is 0 Å². The number of thiocarbonyl (C=S) groups is 1. The van der Waals surface area contributed by atoms with Gasteiger partial charge >= 0.3 is 0 Å². The molecule has 0 aliphatic carbocycles. The standard InChI is InChI=1S/C14H22N2S/c1-9(2)11(4)16(5)13-7-6-12(14(15)17)8-10(13)3/h6-9,11H,1-5H3,(H2,15,17). The summed E-state index contributed by atoms with van der Waals surface area (Å²) in [5, 5.41) is 0. The number of nitrogens with two attached hydrogens (primary N) is 1. The van der Waals surface area contributed by atoms with Crippen LogP contribution in [-0.4, -0.2) is 18.1 Å². The van der Waals surface area contributed by atoms with Crippen molar-refractivity contribution < 1.29 is 0 Å². The van der Waals surface area contributed by atoms with Crippen molar-refractivity contribution in [1.29, 1.82) is 0 Å². The first-order valence-electron chi connectivity index (χ1n) is 5.98. The zero-order valence-corrected chi connectivity index (χ0v) is 12.1. The Bertz CT molecular complexity index is 413. The highest BCUT2D eigenvalue weighted by Crippen LogP contribution is 2.24. The van der Waals surface area contributed by atoms with Gasteiger partial charge in [0.05, 0.1) is 0 Å². The van der Waals surface area contributed by atoms with E-state index in [0.717, 1.165) is 5.56 Å². The number of nitrogens with zero attached hydrogens (tertiary/aromatic N) is 1. The third-order valence-electron chi connectivity index (χ3n) is 3.44. The van der Waals surface area contributed by atoms with Crippen LogP contribution in [0.5, 0.6) is 0 Å². The van der Waals surface area contributed by atoms with E-state index in [1.54, 1.807) is 0 Å². The molecule has 0 spiro atoms. The van der Waals surface area contributed by atoms with Gasteiger partial charge in [-0.3, -0.25) is 0 Å². The Balaban J connectivity index is 3.03. The van der Waals surface area contributed by atoms with Crippen LogP contribution in [0.2, 0.25) is 0 Å². The first-order chi connectivity index (χ1) is 7.84. The number of anilines is 1. The second-order valence-corrected chi connectivity index (χ2v) is 5.40. The van der Waals surface area contributed by atoms with Crippen LogP contribution in [0.15, 0.2) is 18.2 Å². The van der Waals surface area contributed by atoms with Crippen molar-refractivity contribution in [3.05, 3.63) is 29.3 Å². The molecule has 1 aromatic rings. The lowest BCUT2D eigenvalue weighted by Crippen LogP contribution is -2.33. The van der Waals surface area contributed by atoms with Crippen LogP contribution < -0.4 is 10.6 Å². The van der Waals surface area contributed by atoms with Gasteiger partial charge in [-0.2, -0.15) is 0 Å². The molecule has 1 aromatic carbocycles. The van der Waals surface area contributed by atoms with Crippen LogP contribution in [0, 0.1) is 12.8 Å². The molecule has 2 nitrogen and oxygen atoms in total. The highest BCUT2D eigenvalue weighted by atomic mass is 32.1. The summed E-state index contributed by atoms with van der Waals surface area (Å²) < 4.78 is 0. The monoisotopic (exact) mass is 250 g/mol. The molecule has 1 unspecified atom stereocenters. The summed E-state index contributed by atoms with van der Waals surface area (Å²) >= 11 is 4.99. The van der Waals surface area contributed by atoms with Gasteiger partial charge in [-0.1, -0.05) is 26.1 Å². The number of aryl methyl sites for hydroxylation is 1. The van der Waals surface area contributed by atoms with Gasteiger partial charge in [0.15, 0.2) is 0 Å². The molecule has 0 saturated carbocycles. The molecule has 94 valence electrons. The third kappa shape index (κ3) is 3.19. The topological polar surface area (TPSA) is 29.3 Å². The molecular formula is C14H22N2S. The number of benzene rings is 1. The van der Waals surface area contributed by atoms with Crippen molar-refractivity contribution in [3.63, 3.8) is 0 Å². The lowest BCUT2D eigenvalue weighted by atomic mass is 10.0. The maximum Gasteiger partial charge on any atom is 0.103 e. The molecule has 0 saturated heterocycles. The van der Waals surface area contributed by atoms with Crippen LogP contribution in [0.1, 0.15) is 31.9 Å². The van der Waals surface area contributed by atoms with Gasteiger partial charge in [0, 0.05) is 24.3 Å². The molecule has 0 radical (unpaired) electrons. The summed E-state index contributed by atoms with van der Waals surface area (Å²) in [6.45, 7) is 8.81. The molecule has 0 aliphatic heterocycles. The summed E-state index contributed by atoms with van der Waals surface area (Å²) in [5.74, 6) is 0.620. The van der Waals surface area contributed by atoms with Crippen molar-refractivity contribution in [2.75, 3.05) is 11.9 Å². The fraction of sp³-hybridized carbons (Fsp3) is 0.500. The smallest absolute Gasteiger partial charge is 0.103 e. The quantitative estimate of drug-likeness (QED) is 0.833. The van der Waals surface area contributed by atoms with Gasteiger partial charge in [-0.05, 0) is 43.5 Å². The van der Waals surface area contributed by atoms with Gasteiger partial charge in [0.2, 0.25) is 0 Å². The average molecular weight is 250 g/mol. The van der Waals surface area contributed by atoms with E-state index in [0.29, 0.717) is 16.9 Å². The Kier molecular flexibility index (Phi) is 4.52. The molecule has 3 heteroatoms. The molecule has 1 atom stereocenters. The first kappa shape index (κ1) is 14.0. The Morgan fingerprint density at radius 3 is 2.29 bits per heavy atom. The maximum atomic E-state index is 5.63. The Morgan fingerprint density at radius 2 is 1.88 bits per heavy atom. The molecule has 0 amide bonds. The predicted molar refractivity (Wildman–Crippen MR) is 79.8 cm³/mol. The van der Waals surface area contributed by atoms with Crippen molar-refractivity contribution >= 4 is 22.9 Å². The van der Waals surface area contributed by atoms with Gasteiger partial charge in [-0.25, -0.2) is 0 Å². The largest absolute Gasteiger partial charge is 0.389 e. The molecule has 0 heterocycles. The van der Waals surface area contributed by atoms with Gasteiger partial charge in [0.25, 0.3) is 0 Å². The Morgan fingerprint density at radius 1 is 1.29 bits per heavy atom. The first-order valence-corrected chi connectivity index (χ1v) is 6.38. The summed E-state index contributed by atoms with van der Waals surface area (Å²) in [6, 6.07) is 6.65. The van der Waals surface area contributed by atoms with E-state index >= 15 is 0 Å². The van der Waals surface area contributed by atoms with E-state index < -0.39 is 0 Å². The summed E-state index contributed by atoms with van der Waals surface area (Å²) in [4.78, 5) is 2.77. The fourth-order valence-electron chi connectivity index (χ4n) is 1.87. The molecule has 17 heavy (non-hydrogen) atoms.